The Bertz CT molecular complexity index is 1150. The Labute approximate surface area is 212 Å². The molecule has 2 bridgehead atoms. The summed E-state index contributed by atoms with van der Waals surface area (Å²) in [6.07, 6.45) is 5.19. The van der Waals surface area contributed by atoms with Gasteiger partial charge in [-0.1, -0.05) is 6.92 Å². The normalized spacial score (nSPS) is 28.5. The second-order valence-corrected chi connectivity index (χ2v) is 10.9. The van der Waals surface area contributed by atoms with Crippen LogP contribution in [-0.2, 0) is 16.0 Å². The molecule has 4 fully saturated rings. The van der Waals surface area contributed by atoms with Crippen LogP contribution in [0.25, 0.3) is 0 Å². The van der Waals surface area contributed by atoms with Gasteiger partial charge < -0.3 is 20.4 Å². The van der Waals surface area contributed by atoms with Crippen molar-refractivity contribution in [3.63, 3.8) is 0 Å². The molecule has 7 rings (SSSR count). The first-order chi connectivity index (χ1) is 17.4. The van der Waals surface area contributed by atoms with Gasteiger partial charge in [-0.3, -0.25) is 14.5 Å². The van der Waals surface area contributed by atoms with Gasteiger partial charge in [-0.25, -0.2) is 4.98 Å². The topological polar surface area (TPSA) is 93.7 Å². The third-order valence-corrected chi connectivity index (χ3v) is 8.78. The van der Waals surface area contributed by atoms with Crippen LogP contribution in [0.4, 0.5) is 23.1 Å². The van der Waals surface area contributed by atoms with Crippen molar-refractivity contribution in [1.82, 2.24) is 20.2 Å². The van der Waals surface area contributed by atoms with Crippen LogP contribution in [0.5, 0.6) is 0 Å². The minimum Gasteiger partial charge on any atom is -0.369 e. The Morgan fingerprint density at radius 2 is 1.83 bits per heavy atom. The van der Waals surface area contributed by atoms with Crippen molar-refractivity contribution in [2.45, 2.75) is 44.6 Å². The van der Waals surface area contributed by atoms with Crippen LogP contribution in [0.15, 0.2) is 30.5 Å². The van der Waals surface area contributed by atoms with Crippen molar-refractivity contribution in [1.29, 1.82) is 0 Å². The molecule has 36 heavy (non-hydrogen) atoms. The average Bonchev–Trinajstić information content (AvgIpc) is 2.85. The summed E-state index contributed by atoms with van der Waals surface area (Å²) in [5.41, 5.74) is 2.87. The van der Waals surface area contributed by atoms with E-state index in [1.165, 1.54) is 5.69 Å². The van der Waals surface area contributed by atoms with Crippen molar-refractivity contribution in [2.24, 2.45) is 11.8 Å². The lowest BCUT2D eigenvalue weighted by molar-refractivity contribution is -0.140. The maximum absolute atomic E-state index is 13.5. The minimum atomic E-state index is -0.217. The fraction of sp³-hybridized carbons (Fsp3) is 0.556. The van der Waals surface area contributed by atoms with Crippen molar-refractivity contribution < 1.29 is 9.59 Å². The first-order valence-corrected chi connectivity index (χ1v) is 13.2. The molecule has 0 unspecified atom stereocenters. The number of carbonyl (C=O) groups is 2. The van der Waals surface area contributed by atoms with E-state index < -0.39 is 0 Å². The molecule has 9 nitrogen and oxygen atoms in total. The Balaban J connectivity index is 1.27. The van der Waals surface area contributed by atoms with E-state index >= 15 is 0 Å². The molecule has 2 aliphatic heterocycles. The van der Waals surface area contributed by atoms with Crippen LogP contribution in [0.2, 0.25) is 0 Å². The fourth-order valence-electron chi connectivity index (χ4n) is 6.22. The van der Waals surface area contributed by atoms with Gasteiger partial charge in [-0.15, -0.1) is 0 Å². The summed E-state index contributed by atoms with van der Waals surface area (Å²) in [5.74, 6) is 1.87. The smallest absolute Gasteiger partial charge is 0.238 e. The summed E-state index contributed by atoms with van der Waals surface area (Å²) < 4.78 is 0. The van der Waals surface area contributed by atoms with Crippen molar-refractivity contribution in [2.75, 3.05) is 54.9 Å². The zero-order valence-corrected chi connectivity index (χ0v) is 21.2. The van der Waals surface area contributed by atoms with E-state index in [1.54, 1.807) is 0 Å². The Kier molecular flexibility index (Phi) is 5.82. The molecule has 3 saturated carbocycles. The number of benzene rings is 1. The molecule has 0 radical (unpaired) electrons. The van der Waals surface area contributed by atoms with Gasteiger partial charge in [0, 0.05) is 55.9 Å². The molecule has 1 atom stereocenters. The lowest BCUT2D eigenvalue weighted by atomic mass is 9.42. The van der Waals surface area contributed by atoms with E-state index in [-0.39, 0.29) is 23.8 Å². The zero-order valence-electron chi connectivity index (χ0n) is 21.2. The first kappa shape index (κ1) is 23.2. The largest absolute Gasteiger partial charge is 0.369 e. The van der Waals surface area contributed by atoms with Gasteiger partial charge in [0.2, 0.25) is 17.8 Å². The van der Waals surface area contributed by atoms with Gasteiger partial charge in [-0.05, 0) is 68.8 Å². The molecule has 0 spiro atoms. The van der Waals surface area contributed by atoms with E-state index in [4.69, 9.17) is 4.98 Å². The minimum absolute atomic E-state index is 0.140. The summed E-state index contributed by atoms with van der Waals surface area (Å²) in [6.45, 7) is 6.96. The standard InChI is InChI=1S/C27H35N7O2/c1-18-20-15-27(18,16-20)34-24(36)14-23(35)28-9-3-4-19-17-29-26(31-25(19)34)30-21-5-7-22(8-6-21)33-12-10-32(2)11-13-33/h5-8,17-18,20H,3-4,9-16H2,1-2H3,(H,28,35)(H,29,30,31)/t18-,20?,27?/m1/s1. The summed E-state index contributed by atoms with van der Waals surface area (Å²) in [5, 5.41) is 6.22. The van der Waals surface area contributed by atoms with E-state index in [0.29, 0.717) is 36.6 Å². The van der Waals surface area contributed by atoms with Gasteiger partial charge >= 0.3 is 0 Å². The highest BCUT2D eigenvalue weighted by Crippen LogP contribution is 2.65. The van der Waals surface area contributed by atoms with E-state index in [0.717, 1.165) is 56.7 Å². The number of aromatic nitrogens is 2. The number of amides is 2. The molecule has 1 aromatic heterocycles. The van der Waals surface area contributed by atoms with Crippen molar-refractivity contribution in [3.05, 3.63) is 36.0 Å². The van der Waals surface area contributed by atoms with E-state index in [1.807, 2.05) is 11.1 Å². The number of hydrogen-bond donors (Lipinski definition) is 2. The molecule has 1 aromatic carbocycles. The average molecular weight is 490 g/mol. The first-order valence-electron chi connectivity index (χ1n) is 13.2. The van der Waals surface area contributed by atoms with Crippen LogP contribution in [-0.4, -0.2) is 72.0 Å². The van der Waals surface area contributed by atoms with E-state index in [2.05, 4.69) is 63.7 Å². The number of aryl methyl sites for hydroxylation is 1. The van der Waals surface area contributed by atoms with Crippen LogP contribution >= 0.6 is 0 Å². The molecule has 2 amide bonds. The number of hydrogen-bond acceptors (Lipinski definition) is 7. The summed E-state index contributed by atoms with van der Waals surface area (Å²) in [6, 6.07) is 8.37. The van der Waals surface area contributed by atoms with Crippen LogP contribution in [0.1, 0.15) is 38.2 Å². The highest BCUT2D eigenvalue weighted by molar-refractivity contribution is 6.06. The molecular formula is C27H35N7O2. The second-order valence-electron chi connectivity index (χ2n) is 10.9. The fourth-order valence-corrected chi connectivity index (χ4v) is 6.22. The van der Waals surface area contributed by atoms with Crippen LogP contribution in [0.3, 0.4) is 0 Å². The number of piperazine rings is 1. The molecule has 9 heteroatoms. The van der Waals surface area contributed by atoms with Gasteiger partial charge in [0.05, 0.1) is 5.54 Å². The molecule has 190 valence electrons. The summed E-state index contributed by atoms with van der Waals surface area (Å²) in [7, 11) is 2.16. The molecule has 3 heterocycles. The Morgan fingerprint density at radius 1 is 1.08 bits per heavy atom. The predicted octanol–water partition coefficient (Wildman–Crippen LogP) is 2.56. The number of nitrogens with zero attached hydrogens (tertiary/aromatic N) is 5. The maximum Gasteiger partial charge on any atom is 0.238 e. The highest BCUT2D eigenvalue weighted by Gasteiger charge is 2.67. The van der Waals surface area contributed by atoms with Gasteiger partial charge in [0.15, 0.2) is 0 Å². The second kappa shape index (κ2) is 9.03. The maximum atomic E-state index is 13.5. The van der Waals surface area contributed by atoms with Crippen molar-refractivity contribution in [3.8, 4) is 0 Å². The lowest BCUT2D eigenvalue weighted by Gasteiger charge is -2.71. The van der Waals surface area contributed by atoms with Gasteiger partial charge in [-0.2, -0.15) is 4.98 Å². The van der Waals surface area contributed by atoms with Crippen LogP contribution in [0, 0.1) is 11.8 Å². The number of rotatable bonds is 4. The number of fused-ring (bicyclic) bond motifs is 1. The van der Waals surface area contributed by atoms with E-state index in [9.17, 15) is 9.59 Å². The zero-order chi connectivity index (χ0) is 24.9. The third kappa shape index (κ3) is 3.99. The molecular weight excluding hydrogens is 454 g/mol. The number of nitrogens with one attached hydrogen (secondary N) is 2. The number of carbonyl (C=O) groups excluding carboxylic acids is 2. The third-order valence-electron chi connectivity index (χ3n) is 8.78. The highest BCUT2D eigenvalue weighted by atomic mass is 16.2. The van der Waals surface area contributed by atoms with Gasteiger partial charge in [0.1, 0.15) is 12.2 Å². The van der Waals surface area contributed by atoms with Gasteiger partial charge in [0.25, 0.3) is 0 Å². The molecule has 2 aromatic rings. The van der Waals surface area contributed by atoms with Crippen molar-refractivity contribution >= 4 is 35.0 Å². The number of likely N-dealkylation sites (N-methyl/N-ethyl adjacent to an activating group) is 1. The SMILES string of the molecule is C[C@@H]1C2CC1(N1C(=O)CC(=O)NCCCc3cnc(Nc4ccc(N5CCN(C)CC5)cc4)nc31)C2. The number of anilines is 4. The molecule has 5 aliphatic rings. The Hall–Kier alpha value is -3.20. The quantitative estimate of drug-likeness (QED) is 0.638. The molecule has 3 aliphatic carbocycles. The molecule has 2 N–H and O–H groups in total. The Morgan fingerprint density at radius 3 is 2.50 bits per heavy atom. The lowest BCUT2D eigenvalue weighted by Crippen LogP contribution is -2.76. The summed E-state index contributed by atoms with van der Waals surface area (Å²) >= 11 is 0. The monoisotopic (exact) mass is 489 g/mol. The predicted molar refractivity (Wildman–Crippen MR) is 140 cm³/mol. The summed E-state index contributed by atoms with van der Waals surface area (Å²) in [4.78, 5) is 41.9. The molecule has 1 saturated heterocycles. The van der Waals surface area contributed by atoms with Crippen LogP contribution < -0.4 is 20.4 Å².